The highest BCUT2D eigenvalue weighted by molar-refractivity contribution is 7.90. The van der Waals surface area contributed by atoms with Gasteiger partial charge in [0.05, 0.1) is 4.90 Å². The highest BCUT2D eigenvalue weighted by atomic mass is 32.2. The van der Waals surface area contributed by atoms with E-state index in [-0.39, 0.29) is 36.5 Å². The molecular formula is C18H21F3N4O3S2. The first-order valence-electron chi connectivity index (χ1n) is 9.02. The van der Waals surface area contributed by atoms with Gasteiger partial charge in [-0.2, -0.15) is 17.5 Å². The molecule has 1 N–H and O–H groups in total. The topological polar surface area (TPSA) is 86.6 Å². The lowest BCUT2D eigenvalue weighted by Crippen LogP contribution is -2.54. The molecule has 3 rings (SSSR count). The Balaban J connectivity index is 1.77. The lowest BCUT2D eigenvalue weighted by Gasteiger charge is -2.39. The van der Waals surface area contributed by atoms with E-state index in [0.717, 1.165) is 12.4 Å². The van der Waals surface area contributed by atoms with Crippen molar-refractivity contribution >= 4 is 28.6 Å². The number of thiol groups is 1. The molecular weight excluding hydrogens is 441 g/mol. The standard InChI is InChI=1S/C18H21F3N4O3S2/c1-12-11-24(30(27,28)15-6-4-3-5-14(15)29)7-8-25(12)16-22-9-13(10-23-16)17(2,26)18(19,20)21/h3-6,9-10,12,26,29H,7-8,11H2,1-2H3/t12-,17-/m0/s1. The maximum Gasteiger partial charge on any atom is 0.421 e. The molecule has 2 heterocycles. The van der Waals surface area contributed by atoms with E-state index in [1.807, 2.05) is 0 Å². The zero-order valence-electron chi connectivity index (χ0n) is 16.2. The molecule has 1 aliphatic heterocycles. The number of rotatable bonds is 4. The number of piperazine rings is 1. The van der Waals surface area contributed by atoms with Crippen molar-refractivity contribution < 1.29 is 26.7 Å². The van der Waals surface area contributed by atoms with Gasteiger partial charge in [0.1, 0.15) is 0 Å². The Morgan fingerprint density at radius 1 is 1.17 bits per heavy atom. The van der Waals surface area contributed by atoms with E-state index in [1.165, 1.54) is 10.4 Å². The summed E-state index contributed by atoms with van der Waals surface area (Å²) in [6.45, 7) is 2.97. The molecule has 164 valence electrons. The summed E-state index contributed by atoms with van der Waals surface area (Å²) in [4.78, 5) is 10.1. The largest absolute Gasteiger partial charge is 0.421 e. The van der Waals surface area contributed by atoms with Crippen molar-refractivity contribution in [3.63, 3.8) is 0 Å². The molecule has 1 aromatic carbocycles. The van der Waals surface area contributed by atoms with Crippen LogP contribution in [0.3, 0.4) is 0 Å². The number of halogens is 3. The van der Waals surface area contributed by atoms with Gasteiger partial charge in [0, 0.05) is 48.5 Å². The van der Waals surface area contributed by atoms with Crippen molar-refractivity contribution in [2.45, 2.75) is 41.5 Å². The molecule has 1 aromatic heterocycles. The van der Waals surface area contributed by atoms with Crippen LogP contribution in [0, 0.1) is 0 Å². The fourth-order valence-corrected chi connectivity index (χ4v) is 5.24. The van der Waals surface area contributed by atoms with Crippen LogP contribution in [0.25, 0.3) is 0 Å². The third-order valence-electron chi connectivity index (χ3n) is 5.08. The predicted octanol–water partition coefficient (Wildman–Crippen LogP) is 2.43. The molecule has 2 aromatic rings. The maximum absolute atomic E-state index is 13.0. The highest BCUT2D eigenvalue weighted by Gasteiger charge is 2.51. The van der Waals surface area contributed by atoms with E-state index in [1.54, 1.807) is 30.0 Å². The molecule has 2 atom stereocenters. The van der Waals surface area contributed by atoms with Crippen molar-refractivity contribution in [3.05, 3.63) is 42.2 Å². The maximum atomic E-state index is 13.0. The minimum absolute atomic E-state index is 0.115. The average molecular weight is 463 g/mol. The molecule has 0 spiro atoms. The summed E-state index contributed by atoms with van der Waals surface area (Å²) in [7, 11) is -3.74. The predicted molar refractivity (Wildman–Crippen MR) is 107 cm³/mol. The summed E-state index contributed by atoms with van der Waals surface area (Å²) in [5.74, 6) is 0.163. The Labute approximate surface area is 178 Å². The second-order valence-corrected chi connectivity index (χ2v) is 9.60. The molecule has 0 aliphatic carbocycles. The average Bonchev–Trinajstić information content (AvgIpc) is 2.67. The molecule has 30 heavy (non-hydrogen) atoms. The first-order chi connectivity index (χ1) is 13.9. The van der Waals surface area contributed by atoms with Crippen molar-refractivity contribution in [3.8, 4) is 0 Å². The minimum atomic E-state index is -4.87. The van der Waals surface area contributed by atoms with E-state index in [9.17, 15) is 26.7 Å². The SMILES string of the molecule is C[C@H]1CN(S(=O)(=O)c2ccccc2S)CCN1c1ncc([C@](C)(O)C(F)(F)F)cn1. The molecule has 0 bridgehead atoms. The molecule has 12 heteroatoms. The first-order valence-corrected chi connectivity index (χ1v) is 10.9. The number of hydrogen-bond acceptors (Lipinski definition) is 7. The number of alkyl halides is 3. The van der Waals surface area contributed by atoms with Crippen molar-refractivity contribution in [1.82, 2.24) is 14.3 Å². The van der Waals surface area contributed by atoms with Crippen LogP contribution in [0.1, 0.15) is 19.4 Å². The number of benzene rings is 1. The Bertz CT molecular complexity index is 1010. The van der Waals surface area contributed by atoms with Crippen LogP contribution in [0.2, 0.25) is 0 Å². The molecule has 7 nitrogen and oxygen atoms in total. The van der Waals surface area contributed by atoms with Gasteiger partial charge in [-0.3, -0.25) is 0 Å². The van der Waals surface area contributed by atoms with Crippen LogP contribution in [0.15, 0.2) is 46.5 Å². The zero-order chi connectivity index (χ0) is 22.3. The molecule has 0 saturated carbocycles. The van der Waals surface area contributed by atoms with Crippen LogP contribution in [0.4, 0.5) is 19.1 Å². The quantitative estimate of drug-likeness (QED) is 0.679. The molecule has 1 aliphatic rings. The van der Waals surface area contributed by atoms with Crippen molar-refractivity contribution in [1.29, 1.82) is 0 Å². The molecule has 1 fully saturated rings. The molecule has 0 radical (unpaired) electrons. The summed E-state index contributed by atoms with van der Waals surface area (Å²) in [6, 6.07) is 6.08. The van der Waals surface area contributed by atoms with Gasteiger partial charge in [-0.1, -0.05) is 12.1 Å². The Morgan fingerprint density at radius 2 is 1.77 bits per heavy atom. The van der Waals surface area contributed by atoms with Crippen LogP contribution in [-0.2, 0) is 15.6 Å². The van der Waals surface area contributed by atoms with Gasteiger partial charge >= 0.3 is 6.18 Å². The first kappa shape index (κ1) is 22.8. The number of sulfonamides is 1. The van der Waals surface area contributed by atoms with Gasteiger partial charge < -0.3 is 10.0 Å². The monoisotopic (exact) mass is 462 g/mol. The highest BCUT2D eigenvalue weighted by Crippen LogP contribution is 2.38. The summed E-state index contributed by atoms with van der Waals surface area (Å²) in [5.41, 5.74) is -3.54. The number of aliphatic hydroxyl groups is 1. The summed E-state index contributed by atoms with van der Waals surface area (Å²) in [5, 5.41) is 9.73. The smallest absolute Gasteiger partial charge is 0.376 e. The fraction of sp³-hybridized carbons (Fsp3) is 0.444. The van der Waals surface area contributed by atoms with Gasteiger partial charge in [0.15, 0.2) is 5.60 Å². The third kappa shape index (κ3) is 4.13. The van der Waals surface area contributed by atoms with Crippen LogP contribution >= 0.6 is 12.6 Å². The van der Waals surface area contributed by atoms with Gasteiger partial charge in [-0.15, -0.1) is 12.6 Å². The Kier molecular flexibility index (Phi) is 6.07. The van der Waals surface area contributed by atoms with Crippen LogP contribution in [0.5, 0.6) is 0 Å². The number of hydrogen-bond donors (Lipinski definition) is 2. The lowest BCUT2D eigenvalue weighted by atomic mass is 9.99. The molecule has 0 amide bonds. The lowest BCUT2D eigenvalue weighted by molar-refractivity contribution is -0.259. The summed E-state index contributed by atoms with van der Waals surface area (Å²) < 4.78 is 66.1. The van der Waals surface area contributed by atoms with E-state index < -0.39 is 27.4 Å². The van der Waals surface area contributed by atoms with Gasteiger partial charge in [-0.25, -0.2) is 18.4 Å². The van der Waals surface area contributed by atoms with E-state index in [0.29, 0.717) is 11.8 Å². The Hall–Kier alpha value is -1.89. The van der Waals surface area contributed by atoms with E-state index in [4.69, 9.17) is 0 Å². The molecule has 0 unspecified atom stereocenters. The third-order valence-corrected chi connectivity index (χ3v) is 7.55. The van der Waals surface area contributed by atoms with E-state index >= 15 is 0 Å². The van der Waals surface area contributed by atoms with Crippen LogP contribution < -0.4 is 4.90 Å². The number of nitrogens with zero attached hydrogens (tertiary/aromatic N) is 4. The summed E-state index contributed by atoms with van der Waals surface area (Å²) in [6.07, 6.45) is -3.00. The number of anilines is 1. The van der Waals surface area contributed by atoms with Crippen LogP contribution in [-0.4, -0.2) is 59.6 Å². The van der Waals surface area contributed by atoms with E-state index in [2.05, 4.69) is 22.6 Å². The second kappa shape index (κ2) is 7.98. The van der Waals surface area contributed by atoms with Gasteiger partial charge in [0.2, 0.25) is 16.0 Å². The Morgan fingerprint density at radius 3 is 2.30 bits per heavy atom. The van der Waals surface area contributed by atoms with Gasteiger partial charge in [-0.05, 0) is 26.0 Å². The number of aromatic nitrogens is 2. The normalized spacial score (nSPS) is 20.8. The van der Waals surface area contributed by atoms with Crippen molar-refractivity contribution in [2.75, 3.05) is 24.5 Å². The fourth-order valence-electron chi connectivity index (χ4n) is 3.14. The van der Waals surface area contributed by atoms with Crippen molar-refractivity contribution in [2.24, 2.45) is 0 Å². The zero-order valence-corrected chi connectivity index (χ0v) is 17.9. The summed E-state index contributed by atoms with van der Waals surface area (Å²) >= 11 is 4.22. The second-order valence-electron chi connectivity index (χ2n) is 7.21. The minimum Gasteiger partial charge on any atom is -0.376 e. The van der Waals surface area contributed by atoms with Gasteiger partial charge in [0.25, 0.3) is 0 Å². The molecule has 1 saturated heterocycles.